The van der Waals surface area contributed by atoms with Gasteiger partial charge < -0.3 is 41.1 Å². The molecule has 1 atom stereocenters. The van der Waals surface area contributed by atoms with Gasteiger partial charge in [-0.05, 0) is 39.7 Å². The number of hydrogen-bond donors (Lipinski definition) is 0. The number of amidine groups is 1. The predicted molar refractivity (Wildman–Crippen MR) is 157 cm³/mol. The SMILES string of the molecule is CCCN1C(C)=NC(C(=O)OCC)(C(=O)OCC)C1c1ccccc1OCCCC(=O)OCCn1cc[n+](C)c1.F[B-](F)(F)F. The van der Waals surface area contributed by atoms with Gasteiger partial charge >= 0.3 is 25.2 Å². The predicted octanol–water partition coefficient (Wildman–Crippen LogP) is 4.07. The summed E-state index contributed by atoms with van der Waals surface area (Å²) in [5.41, 5.74) is -1.31. The van der Waals surface area contributed by atoms with E-state index in [2.05, 4.69) is 4.99 Å². The molecule has 11 nitrogen and oxygen atoms in total. The summed E-state index contributed by atoms with van der Waals surface area (Å²) in [4.78, 5) is 45.6. The highest BCUT2D eigenvalue weighted by molar-refractivity contribution is 6.50. The number of aryl methyl sites for hydroxylation is 1. The van der Waals surface area contributed by atoms with Crippen LogP contribution in [0.2, 0.25) is 0 Å². The van der Waals surface area contributed by atoms with Crippen LogP contribution in [0.1, 0.15) is 58.6 Å². The van der Waals surface area contributed by atoms with Crippen LogP contribution in [0.3, 0.4) is 0 Å². The van der Waals surface area contributed by atoms with E-state index in [0.717, 1.165) is 6.42 Å². The number of halogens is 4. The fraction of sp³-hybridized carbons (Fsp3) is 0.552. The molecule has 0 saturated heterocycles. The Labute approximate surface area is 260 Å². The highest BCUT2D eigenvalue weighted by Crippen LogP contribution is 2.45. The molecule has 1 unspecified atom stereocenters. The number of carbonyl (C=O) groups excluding carboxylic acids is 3. The summed E-state index contributed by atoms with van der Waals surface area (Å²) in [6.45, 7) is 9.00. The van der Waals surface area contributed by atoms with Crippen molar-refractivity contribution in [3.05, 3.63) is 48.5 Å². The Bertz CT molecular complexity index is 1280. The number of nitrogens with zero attached hydrogens (tertiary/aromatic N) is 4. The standard InChI is InChI=1S/C29H41N4O7.BF4/c1-6-15-33-22(4)30-29(27(35)37-7-2,28(36)38-8-3)26(33)23-12-9-10-13-24(23)39-19-11-14-25(34)40-20-18-32-17-16-31(5)21-32;2-1(3,4)5/h9-10,12-13,16-17,21,26H,6-8,11,14-15,18-20H2,1-5H3;/q+1;-1. The second-order valence-electron chi connectivity index (χ2n) is 9.98. The lowest BCUT2D eigenvalue weighted by Gasteiger charge is -2.35. The van der Waals surface area contributed by atoms with Crippen LogP contribution in [0.5, 0.6) is 5.75 Å². The number of rotatable bonds is 15. The van der Waals surface area contributed by atoms with Crippen LogP contribution in [0.25, 0.3) is 0 Å². The Balaban J connectivity index is 0.00000130. The van der Waals surface area contributed by atoms with E-state index in [1.165, 1.54) is 0 Å². The molecule has 0 bridgehead atoms. The zero-order valence-electron chi connectivity index (χ0n) is 26.2. The van der Waals surface area contributed by atoms with Crippen molar-refractivity contribution in [1.82, 2.24) is 9.47 Å². The maximum atomic E-state index is 13.4. The summed E-state index contributed by atoms with van der Waals surface area (Å²) in [7, 11) is -4.07. The van der Waals surface area contributed by atoms with Crippen LogP contribution in [0.15, 0.2) is 48.0 Å². The van der Waals surface area contributed by atoms with E-state index in [4.69, 9.17) is 18.9 Å². The fourth-order valence-corrected chi connectivity index (χ4v) is 4.81. The van der Waals surface area contributed by atoms with E-state index < -0.39 is 30.8 Å². The maximum absolute atomic E-state index is 13.4. The van der Waals surface area contributed by atoms with Crippen molar-refractivity contribution in [2.75, 3.05) is 33.0 Å². The molecule has 1 aliphatic heterocycles. The first-order valence-corrected chi connectivity index (χ1v) is 14.7. The quantitative estimate of drug-likeness (QED) is 0.0543. The first-order valence-electron chi connectivity index (χ1n) is 14.7. The average molecular weight is 644 g/mol. The summed E-state index contributed by atoms with van der Waals surface area (Å²) in [6.07, 6.45) is 7.14. The van der Waals surface area contributed by atoms with Crippen molar-refractivity contribution in [1.29, 1.82) is 0 Å². The molecular weight excluding hydrogens is 603 g/mol. The van der Waals surface area contributed by atoms with Gasteiger partial charge in [-0.25, -0.2) is 23.7 Å². The van der Waals surface area contributed by atoms with Gasteiger partial charge in [0.15, 0.2) is 0 Å². The lowest BCUT2D eigenvalue weighted by molar-refractivity contribution is -0.671. The summed E-state index contributed by atoms with van der Waals surface area (Å²) in [5, 5.41) is 0. The van der Waals surface area contributed by atoms with Crippen LogP contribution >= 0.6 is 0 Å². The molecule has 0 saturated carbocycles. The first kappa shape index (κ1) is 37.1. The smallest absolute Gasteiger partial charge is 0.493 e. The Kier molecular flexibility index (Phi) is 14.3. The number of imidazole rings is 1. The molecule has 0 N–H and O–H groups in total. The molecule has 1 aromatic heterocycles. The minimum absolute atomic E-state index is 0.0906. The van der Waals surface area contributed by atoms with E-state index in [9.17, 15) is 31.6 Å². The van der Waals surface area contributed by atoms with Gasteiger partial charge in [0.1, 0.15) is 37.3 Å². The molecule has 2 aromatic rings. The van der Waals surface area contributed by atoms with E-state index in [0.29, 0.717) is 36.7 Å². The molecule has 45 heavy (non-hydrogen) atoms. The molecule has 0 amide bonds. The first-order chi connectivity index (χ1) is 21.3. The molecule has 0 spiro atoms. The van der Waals surface area contributed by atoms with Crippen LogP contribution in [0.4, 0.5) is 17.3 Å². The minimum atomic E-state index is -6.00. The zero-order valence-corrected chi connectivity index (χ0v) is 26.2. The van der Waals surface area contributed by atoms with Gasteiger partial charge in [0.05, 0.1) is 32.7 Å². The number of ether oxygens (including phenoxy) is 4. The van der Waals surface area contributed by atoms with Crippen molar-refractivity contribution < 1.29 is 55.2 Å². The minimum Gasteiger partial charge on any atom is -0.493 e. The second kappa shape index (κ2) is 17.4. The molecule has 250 valence electrons. The number of para-hydroxylation sites is 1. The monoisotopic (exact) mass is 644 g/mol. The third-order valence-electron chi connectivity index (χ3n) is 6.53. The third-order valence-corrected chi connectivity index (χ3v) is 6.53. The van der Waals surface area contributed by atoms with E-state index in [1.807, 2.05) is 64.9 Å². The molecule has 2 heterocycles. The van der Waals surface area contributed by atoms with Gasteiger partial charge in [0.25, 0.3) is 5.54 Å². The molecule has 1 aromatic carbocycles. The van der Waals surface area contributed by atoms with E-state index >= 15 is 0 Å². The van der Waals surface area contributed by atoms with Gasteiger partial charge in [-0.15, -0.1) is 0 Å². The topological polar surface area (TPSA) is 113 Å². The Morgan fingerprint density at radius 2 is 1.60 bits per heavy atom. The third kappa shape index (κ3) is 10.8. The average Bonchev–Trinajstić information content (AvgIpc) is 3.51. The summed E-state index contributed by atoms with van der Waals surface area (Å²) in [6, 6.07) is 6.42. The second-order valence-corrected chi connectivity index (χ2v) is 9.98. The van der Waals surface area contributed by atoms with Gasteiger partial charge in [0, 0.05) is 18.5 Å². The van der Waals surface area contributed by atoms with Crippen LogP contribution in [0, 0.1) is 0 Å². The largest absolute Gasteiger partial charge is 0.673 e. The van der Waals surface area contributed by atoms with Gasteiger partial charge in [-0.2, -0.15) is 0 Å². The lowest BCUT2D eigenvalue weighted by Crippen LogP contribution is -2.53. The number of esters is 3. The van der Waals surface area contributed by atoms with Crippen molar-refractivity contribution in [2.24, 2.45) is 12.0 Å². The maximum Gasteiger partial charge on any atom is 0.673 e. The summed E-state index contributed by atoms with van der Waals surface area (Å²) >= 11 is 0. The van der Waals surface area contributed by atoms with E-state index in [-0.39, 0.29) is 38.8 Å². The normalized spacial score (nSPS) is 15.4. The number of carbonyl (C=O) groups is 3. The molecule has 3 rings (SSSR count). The number of benzene rings is 1. The number of aromatic nitrogens is 2. The van der Waals surface area contributed by atoms with Crippen molar-refractivity contribution in [3.63, 3.8) is 0 Å². The Morgan fingerprint density at radius 1 is 0.978 bits per heavy atom. The number of aliphatic imine (C=N–C) groups is 1. The van der Waals surface area contributed by atoms with Crippen LogP contribution in [-0.2, 0) is 42.2 Å². The van der Waals surface area contributed by atoms with Gasteiger partial charge in [-0.3, -0.25) is 4.79 Å². The molecule has 1 aliphatic rings. The van der Waals surface area contributed by atoms with Gasteiger partial charge in [-0.1, -0.05) is 25.1 Å². The van der Waals surface area contributed by atoms with Crippen molar-refractivity contribution >= 4 is 31.0 Å². The zero-order chi connectivity index (χ0) is 33.6. The highest BCUT2D eigenvalue weighted by atomic mass is 19.5. The Hall–Kier alpha value is -4.11. The highest BCUT2D eigenvalue weighted by Gasteiger charge is 2.62. The number of hydrogen-bond acceptors (Lipinski definition) is 9. The fourth-order valence-electron chi connectivity index (χ4n) is 4.81. The van der Waals surface area contributed by atoms with Crippen LogP contribution in [-0.4, -0.2) is 79.0 Å². The molecule has 0 aliphatic carbocycles. The Morgan fingerprint density at radius 3 is 2.16 bits per heavy atom. The van der Waals surface area contributed by atoms with Crippen molar-refractivity contribution in [2.45, 2.75) is 65.1 Å². The summed E-state index contributed by atoms with van der Waals surface area (Å²) in [5.74, 6) is -0.791. The molecule has 16 heteroatoms. The summed E-state index contributed by atoms with van der Waals surface area (Å²) < 4.78 is 65.1. The molecule has 0 fully saturated rings. The lowest BCUT2D eigenvalue weighted by atomic mass is 9.85. The molecule has 0 radical (unpaired) electrons. The van der Waals surface area contributed by atoms with E-state index in [1.54, 1.807) is 26.8 Å². The molecular formula is C29H41BF4N4O7. The van der Waals surface area contributed by atoms with Crippen molar-refractivity contribution in [3.8, 4) is 5.75 Å². The van der Waals surface area contributed by atoms with Gasteiger partial charge in [0.2, 0.25) is 6.33 Å². The van der Waals surface area contributed by atoms with Crippen LogP contribution < -0.4 is 9.30 Å².